The maximum Gasteiger partial charge on any atom is 0.0170 e. The van der Waals surface area contributed by atoms with Crippen molar-refractivity contribution in [3.05, 3.63) is 11.6 Å². The lowest BCUT2D eigenvalue weighted by atomic mass is 9.83. The molecule has 3 rings (SSSR count). The average Bonchev–Trinajstić information content (AvgIpc) is 3.19. The van der Waals surface area contributed by atoms with Crippen LogP contribution >= 0.6 is 0 Å². The van der Waals surface area contributed by atoms with E-state index in [1.54, 1.807) is 5.57 Å². The van der Waals surface area contributed by atoms with Gasteiger partial charge in [0, 0.05) is 12.6 Å². The lowest BCUT2D eigenvalue weighted by molar-refractivity contribution is 0.393. The van der Waals surface area contributed by atoms with E-state index in [-0.39, 0.29) is 0 Å². The van der Waals surface area contributed by atoms with Crippen LogP contribution in [0.15, 0.2) is 11.6 Å². The van der Waals surface area contributed by atoms with Gasteiger partial charge < -0.3 is 5.32 Å². The molecule has 0 aliphatic heterocycles. The third kappa shape index (κ3) is 3.10. The van der Waals surface area contributed by atoms with Crippen molar-refractivity contribution in [2.75, 3.05) is 6.54 Å². The summed E-state index contributed by atoms with van der Waals surface area (Å²) in [6, 6.07) is 0.867. The van der Waals surface area contributed by atoms with E-state index in [1.807, 2.05) is 0 Å². The van der Waals surface area contributed by atoms with E-state index >= 15 is 0 Å². The largest absolute Gasteiger partial charge is 0.310 e. The van der Waals surface area contributed by atoms with Crippen molar-refractivity contribution in [2.24, 2.45) is 11.8 Å². The van der Waals surface area contributed by atoms with Crippen molar-refractivity contribution < 1.29 is 0 Å². The predicted octanol–water partition coefficient (Wildman–Crippen LogP) is 3.66. The molecule has 90 valence electrons. The van der Waals surface area contributed by atoms with Gasteiger partial charge in [-0.15, -0.1) is 0 Å². The molecule has 0 atom stereocenters. The van der Waals surface area contributed by atoms with Gasteiger partial charge in [0.2, 0.25) is 0 Å². The van der Waals surface area contributed by atoms with Crippen LogP contribution in [-0.4, -0.2) is 12.6 Å². The summed E-state index contributed by atoms with van der Waals surface area (Å²) in [5, 5.41) is 3.72. The monoisotopic (exact) mass is 219 g/mol. The zero-order chi connectivity index (χ0) is 10.8. The maximum absolute atomic E-state index is 3.72. The number of hydrogen-bond acceptors (Lipinski definition) is 1. The predicted molar refractivity (Wildman–Crippen MR) is 68.4 cm³/mol. The summed E-state index contributed by atoms with van der Waals surface area (Å²) in [4.78, 5) is 0. The highest BCUT2D eigenvalue weighted by atomic mass is 14.9. The Morgan fingerprint density at radius 1 is 0.938 bits per heavy atom. The molecule has 0 saturated heterocycles. The first-order chi connectivity index (χ1) is 7.92. The SMILES string of the molecule is C(=C(CNC1CC1)C1CCCCC1)C1CC1. The fourth-order valence-corrected chi connectivity index (χ4v) is 2.93. The fraction of sp³-hybridized carbons (Fsp3) is 0.867. The summed E-state index contributed by atoms with van der Waals surface area (Å²) in [5.74, 6) is 1.89. The van der Waals surface area contributed by atoms with E-state index in [9.17, 15) is 0 Å². The van der Waals surface area contributed by atoms with Crippen LogP contribution in [0.1, 0.15) is 57.8 Å². The molecular weight excluding hydrogens is 194 g/mol. The van der Waals surface area contributed by atoms with Crippen LogP contribution in [0.4, 0.5) is 0 Å². The first-order valence-electron chi connectivity index (χ1n) is 7.36. The second kappa shape index (κ2) is 4.91. The topological polar surface area (TPSA) is 12.0 Å². The summed E-state index contributed by atoms with van der Waals surface area (Å²) in [6.45, 7) is 1.20. The van der Waals surface area contributed by atoms with Gasteiger partial charge in [0.1, 0.15) is 0 Å². The highest BCUT2D eigenvalue weighted by molar-refractivity contribution is 5.14. The quantitative estimate of drug-likeness (QED) is 0.696. The molecule has 3 aliphatic carbocycles. The highest BCUT2D eigenvalue weighted by Crippen LogP contribution is 2.36. The molecule has 0 radical (unpaired) electrons. The summed E-state index contributed by atoms with van der Waals surface area (Å²) in [7, 11) is 0. The maximum atomic E-state index is 3.72. The Labute approximate surface area is 99.7 Å². The Morgan fingerprint density at radius 3 is 2.31 bits per heavy atom. The van der Waals surface area contributed by atoms with Crippen LogP contribution in [0.5, 0.6) is 0 Å². The van der Waals surface area contributed by atoms with Crippen LogP contribution in [0.2, 0.25) is 0 Å². The Hall–Kier alpha value is -0.300. The Morgan fingerprint density at radius 2 is 1.69 bits per heavy atom. The Balaban J connectivity index is 1.57. The summed E-state index contributed by atoms with van der Waals surface area (Å²) in [5.41, 5.74) is 1.77. The molecule has 3 saturated carbocycles. The summed E-state index contributed by atoms with van der Waals surface area (Å²) >= 11 is 0. The smallest absolute Gasteiger partial charge is 0.0170 e. The van der Waals surface area contributed by atoms with E-state index < -0.39 is 0 Å². The highest BCUT2D eigenvalue weighted by Gasteiger charge is 2.26. The number of hydrogen-bond donors (Lipinski definition) is 1. The molecule has 0 spiro atoms. The first kappa shape index (κ1) is 10.8. The van der Waals surface area contributed by atoms with Gasteiger partial charge in [0.05, 0.1) is 0 Å². The first-order valence-corrected chi connectivity index (χ1v) is 7.36. The lowest BCUT2D eigenvalue weighted by Crippen LogP contribution is -2.24. The molecule has 0 bridgehead atoms. The summed E-state index contributed by atoms with van der Waals surface area (Å²) < 4.78 is 0. The molecule has 0 aromatic heterocycles. The van der Waals surface area contributed by atoms with E-state index in [1.165, 1.54) is 64.3 Å². The Bertz CT molecular complexity index is 255. The zero-order valence-corrected chi connectivity index (χ0v) is 10.4. The van der Waals surface area contributed by atoms with E-state index in [0.29, 0.717) is 0 Å². The van der Waals surface area contributed by atoms with Gasteiger partial charge >= 0.3 is 0 Å². The molecule has 0 amide bonds. The van der Waals surface area contributed by atoms with Crippen LogP contribution in [0, 0.1) is 11.8 Å². The van der Waals surface area contributed by atoms with Gasteiger partial charge in [-0.3, -0.25) is 0 Å². The van der Waals surface area contributed by atoms with Crippen LogP contribution in [0.25, 0.3) is 0 Å². The molecule has 1 N–H and O–H groups in total. The van der Waals surface area contributed by atoms with Gasteiger partial charge in [0.25, 0.3) is 0 Å². The normalized spacial score (nSPS) is 28.4. The van der Waals surface area contributed by atoms with Crippen molar-refractivity contribution >= 4 is 0 Å². The number of rotatable bonds is 5. The van der Waals surface area contributed by atoms with Crippen LogP contribution in [0.3, 0.4) is 0 Å². The number of nitrogens with one attached hydrogen (secondary N) is 1. The molecule has 0 heterocycles. The van der Waals surface area contributed by atoms with Gasteiger partial charge in [-0.05, 0) is 50.4 Å². The zero-order valence-electron chi connectivity index (χ0n) is 10.4. The molecule has 0 aromatic rings. The molecule has 0 aromatic carbocycles. The van der Waals surface area contributed by atoms with Crippen molar-refractivity contribution in [1.82, 2.24) is 5.32 Å². The second-order valence-electron chi connectivity index (χ2n) is 6.07. The molecule has 16 heavy (non-hydrogen) atoms. The minimum Gasteiger partial charge on any atom is -0.310 e. The molecule has 1 nitrogen and oxygen atoms in total. The van der Waals surface area contributed by atoms with Gasteiger partial charge in [0.15, 0.2) is 0 Å². The van der Waals surface area contributed by atoms with E-state index in [0.717, 1.165) is 17.9 Å². The standard InChI is InChI=1S/C15H25N/c1-2-4-13(5-3-1)14(10-12-6-7-12)11-16-15-8-9-15/h10,12-13,15-16H,1-9,11H2. The third-order valence-electron chi connectivity index (χ3n) is 4.37. The van der Waals surface area contributed by atoms with Gasteiger partial charge in [-0.25, -0.2) is 0 Å². The van der Waals surface area contributed by atoms with Crippen molar-refractivity contribution in [2.45, 2.75) is 63.8 Å². The average molecular weight is 219 g/mol. The van der Waals surface area contributed by atoms with Crippen LogP contribution < -0.4 is 5.32 Å². The van der Waals surface area contributed by atoms with Crippen molar-refractivity contribution in [3.63, 3.8) is 0 Å². The molecule has 1 heteroatoms. The molecular formula is C15H25N. The van der Waals surface area contributed by atoms with Crippen molar-refractivity contribution in [1.29, 1.82) is 0 Å². The minimum atomic E-state index is 0.867. The fourth-order valence-electron chi connectivity index (χ4n) is 2.93. The minimum absolute atomic E-state index is 0.867. The van der Waals surface area contributed by atoms with Gasteiger partial charge in [-0.1, -0.05) is 30.9 Å². The molecule has 0 unspecified atom stereocenters. The lowest BCUT2D eigenvalue weighted by Gasteiger charge is -2.25. The van der Waals surface area contributed by atoms with E-state index in [2.05, 4.69) is 11.4 Å². The van der Waals surface area contributed by atoms with Crippen molar-refractivity contribution in [3.8, 4) is 0 Å². The van der Waals surface area contributed by atoms with Gasteiger partial charge in [-0.2, -0.15) is 0 Å². The summed E-state index contributed by atoms with van der Waals surface area (Å²) in [6.07, 6.45) is 15.7. The number of allylic oxidation sites excluding steroid dienone is 1. The second-order valence-corrected chi connectivity index (χ2v) is 6.07. The third-order valence-corrected chi connectivity index (χ3v) is 4.37. The van der Waals surface area contributed by atoms with E-state index in [4.69, 9.17) is 0 Å². The molecule has 3 aliphatic rings. The van der Waals surface area contributed by atoms with Crippen LogP contribution in [-0.2, 0) is 0 Å². The Kier molecular flexibility index (Phi) is 3.32. The molecule has 3 fully saturated rings.